The van der Waals surface area contributed by atoms with Crippen molar-refractivity contribution in [3.63, 3.8) is 0 Å². The van der Waals surface area contributed by atoms with E-state index >= 15 is 0 Å². The first-order valence-electron chi connectivity index (χ1n) is 5.28. The molecule has 0 saturated carbocycles. The van der Waals surface area contributed by atoms with Gasteiger partial charge in [0, 0.05) is 10.9 Å². The average molecular weight is 245 g/mol. The summed E-state index contributed by atoms with van der Waals surface area (Å²) < 4.78 is 0. The van der Waals surface area contributed by atoms with E-state index in [1.807, 2.05) is 24.4 Å². The van der Waals surface area contributed by atoms with Crippen molar-refractivity contribution in [1.82, 2.24) is 4.98 Å². The second-order valence-corrected chi connectivity index (χ2v) is 5.03. The van der Waals surface area contributed by atoms with Gasteiger partial charge in [-0.15, -0.1) is 11.3 Å². The summed E-state index contributed by atoms with van der Waals surface area (Å²) in [5.41, 5.74) is 10.5. The Morgan fingerprint density at radius 2 is 2.29 bits per heavy atom. The normalized spacial score (nSPS) is 13.6. The minimum absolute atomic E-state index is 0.0371. The molecule has 0 bridgehead atoms. The number of fused-ring (bicyclic) bond motifs is 1. The van der Waals surface area contributed by atoms with Crippen LogP contribution in [0, 0.1) is 6.92 Å². The monoisotopic (exact) mass is 245 g/mol. The van der Waals surface area contributed by atoms with Crippen LogP contribution in [0.15, 0.2) is 17.5 Å². The first kappa shape index (κ1) is 10.3. The molecule has 1 aliphatic heterocycles. The van der Waals surface area contributed by atoms with Crippen LogP contribution in [-0.2, 0) is 11.2 Å². The molecule has 1 aromatic heterocycles. The third-order valence-corrected chi connectivity index (χ3v) is 3.45. The van der Waals surface area contributed by atoms with E-state index in [1.54, 1.807) is 0 Å². The van der Waals surface area contributed by atoms with Gasteiger partial charge in [0.25, 0.3) is 0 Å². The summed E-state index contributed by atoms with van der Waals surface area (Å²) in [5, 5.41) is 5.34. The Balaban J connectivity index is 2.21. The number of nitrogens with one attached hydrogen (secondary N) is 1. The molecule has 4 nitrogen and oxygen atoms in total. The fourth-order valence-electron chi connectivity index (χ4n) is 2.12. The smallest absolute Gasteiger partial charge is 0.228 e. The lowest BCUT2D eigenvalue weighted by Gasteiger charge is -2.07. The Labute approximate surface area is 102 Å². The lowest BCUT2D eigenvalue weighted by atomic mass is 10.0. The summed E-state index contributed by atoms with van der Waals surface area (Å²) in [7, 11) is 0. The number of nitrogen functional groups attached to an aromatic ring is 1. The van der Waals surface area contributed by atoms with Crippen LogP contribution in [0.25, 0.3) is 11.3 Å². The first-order chi connectivity index (χ1) is 8.13. The molecule has 86 valence electrons. The number of carbonyl (C=O) groups is 1. The van der Waals surface area contributed by atoms with Crippen molar-refractivity contribution in [2.75, 3.05) is 11.1 Å². The minimum atomic E-state index is 0.0371. The Hall–Kier alpha value is -1.88. The number of nitrogens with two attached hydrogens (primary N) is 1. The van der Waals surface area contributed by atoms with Crippen LogP contribution in [-0.4, -0.2) is 10.9 Å². The summed E-state index contributed by atoms with van der Waals surface area (Å²) in [6, 6.07) is 4.06. The van der Waals surface area contributed by atoms with E-state index in [0.717, 1.165) is 28.1 Å². The van der Waals surface area contributed by atoms with Gasteiger partial charge in [-0.2, -0.15) is 0 Å². The summed E-state index contributed by atoms with van der Waals surface area (Å²) in [5.74, 6) is 0.0371. The summed E-state index contributed by atoms with van der Waals surface area (Å²) in [6.45, 7) is 2.02. The molecule has 3 rings (SSSR count). The maximum Gasteiger partial charge on any atom is 0.228 e. The van der Waals surface area contributed by atoms with Crippen LogP contribution in [0.2, 0.25) is 0 Å². The summed E-state index contributed by atoms with van der Waals surface area (Å²) >= 11 is 1.41. The number of amides is 1. The zero-order valence-electron chi connectivity index (χ0n) is 9.28. The number of hydrogen-bond acceptors (Lipinski definition) is 4. The van der Waals surface area contributed by atoms with E-state index < -0.39 is 0 Å². The van der Waals surface area contributed by atoms with Crippen molar-refractivity contribution in [3.8, 4) is 11.3 Å². The Bertz CT molecular complexity index is 618. The molecule has 2 aromatic rings. The average Bonchev–Trinajstić information content (AvgIpc) is 2.82. The van der Waals surface area contributed by atoms with Crippen molar-refractivity contribution in [1.29, 1.82) is 0 Å². The zero-order chi connectivity index (χ0) is 12.0. The van der Waals surface area contributed by atoms with Gasteiger partial charge in [-0.05, 0) is 18.6 Å². The fourth-order valence-corrected chi connectivity index (χ4v) is 2.68. The molecule has 0 spiro atoms. The number of rotatable bonds is 1. The number of aromatic nitrogens is 1. The molecule has 0 fully saturated rings. The predicted octanol–water partition coefficient (Wildman–Crippen LogP) is 2.20. The number of aryl methyl sites for hydroxylation is 1. The van der Waals surface area contributed by atoms with Gasteiger partial charge in [0.15, 0.2) is 5.13 Å². The molecule has 3 N–H and O–H groups in total. The topological polar surface area (TPSA) is 68.0 Å². The minimum Gasteiger partial charge on any atom is -0.375 e. The van der Waals surface area contributed by atoms with Crippen LogP contribution in [0.5, 0.6) is 0 Å². The maximum atomic E-state index is 11.4. The van der Waals surface area contributed by atoms with E-state index in [9.17, 15) is 4.79 Å². The second kappa shape index (κ2) is 3.56. The molecule has 0 unspecified atom stereocenters. The van der Waals surface area contributed by atoms with Crippen molar-refractivity contribution >= 4 is 28.1 Å². The second-order valence-electron chi connectivity index (χ2n) is 4.14. The highest BCUT2D eigenvalue weighted by Gasteiger charge is 2.22. The van der Waals surface area contributed by atoms with Crippen molar-refractivity contribution < 1.29 is 4.79 Å². The molecule has 0 saturated heterocycles. The molecule has 5 heteroatoms. The lowest BCUT2D eigenvalue weighted by Crippen LogP contribution is -2.04. The van der Waals surface area contributed by atoms with Gasteiger partial charge in [-0.1, -0.05) is 11.6 Å². The molecular weight excluding hydrogens is 234 g/mol. The number of anilines is 2. The van der Waals surface area contributed by atoms with Gasteiger partial charge in [0.2, 0.25) is 5.91 Å². The largest absolute Gasteiger partial charge is 0.375 e. The Morgan fingerprint density at radius 1 is 1.47 bits per heavy atom. The SMILES string of the molecule is Cc1cc2c(c(-c3csc(N)n3)c1)NC(=O)C2. The maximum absolute atomic E-state index is 11.4. The number of thiazole rings is 1. The molecule has 0 atom stereocenters. The van der Waals surface area contributed by atoms with E-state index in [2.05, 4.69) is 10.3 Å². The van der Waals surface area contributed by atoms with Crippen molar-refractivity contribution in [2.24, 2.45) is 0 Å². The molecule has 1 aromatic carbocycles. The van der Waals surface area contributed by atoms with Crippen LogP contribution in [0.3, 0.4) is 0 Å². The Kier molecular flexibility index (Phi) is 2.16. The van der Waals surface area contributed by atoms with Gasteiger partial charge < -0.3 is 11.1 Å². The van der Waals surface area contributed by atoms with E-state index in [0.29, 0.717) is 11.6 Å². The molecule has 1 amide bonds. The molecule has 0 aliphatic carbocycles. The van der Waals surface area contributed by atoms with Gasteiger partial charge in [-0.25, -0.2) is 4.98 Å². The quantitative estimate of drug-likeness (QED) is 0.809. The molecule has 0 radical (unpaired) electrons. The van der Waals surface area contributed by atoms with Crippen LogP contribution >= 0.6 is 11.3 Å². The van der Waals surface area contributed by atoms with E-state index in [4.69, 9.17) is 5.73 Å². The lowest BCUT2D eigenvalue weighted by molar-refractivity contribution is -0.115. The zero-order valence-corrected chi connectivity index (χ0v) is 10.1. The molecular formula is C12H11N3OS. The van der Waals surface area contributed by atoms with Crippen LogP contribution in [0.4, 0.5) is 10.8 Å². The highest BCUT2D eigenvalue weighted by atomic mass is 32.1. The van der Waals surface area contributed by atoms with Gasteiger partial charge >= 0.3 is 0 Å². The highest BCUT2D eigenvalue weighted by molar-refractivity contribution is 7.13. The van der Waals surface area contributed by atoms with Crippen LogP contribution < -0.4 is 11.1 Å². The van der Waals surface area contributed by atoms with Gasteiger partial charge in [-0.3, -0.25) is 4.79 Å². The number of hydrogen-bond donors (Lipinski definition) is 2. The van der Waals surface area contributed by atoms with E-state index in [-0.39, 0.29) is 5.91 Å². The Morgan fingerprint density at radius 3 is 3.00 bits per heavy atom. The summed E-state index contributed by atoms with van der Waals surface area (Å²) in [4.78, 5) is 15.7. The standard InChI is InChI=1S/C12H11N3OS/c1-6-2-7-4-10(16)15-11(7)8(3-6)9-5-17-12(13)14-9/h2-3,5H,4H2,1H3,(H2,13,14)(H,15,16). The molecule has 1 aliphatic rings. The first-order valence-corrected chi connectivity index (χ1v) is 6.16. The van der Waals surface area contributed by atoms with Gasteiger partial charge in [0.05, 0.1) is 17.8 Å². The van der Waals surface area contributed by atoms with Gasteiger partial charge in [0.1, 0.15) is 0 Å². The number of carbonyl (C=O) groups excluding carboxylic acids is 1. The summed E-state index contributed by atoms with van der Waals surface area (Å²) in [6.07, 6.45) is 0.448. The van der Waals surface area contributed by atoms with Crippen molar-refractivity contribution in [3.05, 3.63) is 28.6 Å². The van der Waals surface area contributed by atoms with Crippen molar-refractivity contribution in [2.45, 2.75) is 13.3 Å². The molecule has 2 heterocycles. The predicted molar refractivity (Wildman–Crippen MR) is 69.0 cm³/mol. The van der Waals surface area contributed by atoms with Crippen LogP contribution in [0.1, 0.15) is 11.1 Å². The third-order valence-electron chi connectivity index (χ3n) is 2.78. The third kappa shape index (κ3) is 1.68. The highest BCUT2D eigenvalue weighted by Crippen LogP contribution is 2.36. The van der Waals surface area contributed by atoms with E-state index in [1.165, 1.54) is 11.3 Å². The number of nitrogens with zero attached hydrogens (tertiary/aromatic N) is 1. The number of benzene rings is 1. The fraction of sp³-hybridized carbons (Fsp3) is 0.167. The molecule has 17 heavy (non-hydrogen) atoms.